The fourth-order valence-electron chi connectivity index (χ4n) is 1.52. The molecule has 1 N–H and O–H groups in total. The fourth-order valence-corrected chi connectivity index (χ4v) is 1.90. The normalized spacial score (nSPS) is 12.6. The maximum atomic E-state index is 11.9. The van der Waals surface area contributed by atoms with Crippen LogP contribution in [-0.2, 0) is 0 Å². The standard InChI is InChI=1S/C13H14BrNO2/c1-3-8(2)15-13(16)12-7-9-6-10(14)4-5-11(9)17-12/h4-8H,3H2,1-2H3,(H,15,16)/t8-/m1/s1. The van der Waals surface area contributed by atoms with E-state index in [9.17, 15) is 4.79 Å². The molecule has 0 aliphatic heterocycles. The van der Waals surface area contributed by atoms with Gasteiger partial charge in [0.05, 0.1) is 0 Å². The molecule has 1 atom stereocenters. The summed E-state index contributed by atoms with van der Waals surface area (Å²) in [7, 11) is 0. The highest BCUT2D eigenvalue weighted by Crippen LogP contribution is 2.23. The number of amides is 1. The second-order valence-electron chi connectivity index (χ2n) is 4.08. The van der Waals surface area contributed by atoms with Crippen molar-refractivity contribution in [2.24, 2.45) is 0 Å². The van der Waals surface area contributed by atoms with Crippen LogP contribution in [0.4, 0.5) is 0 Å². The van der Waals surface area contributed by atoms with Crippen molar-refractivity contribution in [3.63, 3.8) is 0 Å². The highest BCUT2D eigenvalue weighted by molar-refractivity contribution is 9.10. The topological polar surface area (TPSA) is 42.2 Å². The molecule has 1 amide bonds. The molecule has 0 saturated heterocycles. The summed E-state index contributed by atoms with van der Waals surface area (Å²) >= 11 is 3.39. The first-order valence-corrected chi connectivity index (χ1v) is 6.39. The van der Waals surface area contributed by atoms with Crippen LogP contribution in [0.15, 0.2) is 33.2 Å². The van der Waals surface area contributed by atoms with Crippen LogP contribution in [0.2, 0.25) is 0 Å². The van der Waals surface area contributed by atoms with E-state index in [1.54, 1.807) is 6.07 Å². The Morgan fingerprint density at radius 3 is 2.94 bits per heavy atom. The van der Waals surface area contributed by atoms with Crippen molar-refractivity contribution in [1.29, 1.82) is 0 Å². The number of furan rings is 1. The minimum Gasteiger partial charge on any atom is -0.451 e. The van der Waals surface area contributed by atoms with E-state index < -0.39 is 0 Å². The van der Waals surface area contributed by atoms with Crippen LogP contribution >= 0.6 is 15.9 Å². The van der Waals surface area contributed by atoms with Gasteiger partial charge in [-0.3, -0.25) is 4.79 Å². The van der Waals surface area contributed by atoms with E-state index in [-0.39, 0.29) is 11.9 Å². The third-order valence-electron chi connectivity index (χ3n) is 2.69. The first-order chi connectivity index (χ1) is 8.10. The molecule has 0 saturated carbocycles. The molecule has 2 rings (SSSR count). The summed E-state index contributed by atoms with van der Waals surface area (Å²) < 4.78 is 6.47. The quantitative estimate of drug-likeness (QED) is 0.938. The lowest BCUT2D eigenvalue weighted by Crippen LogP contribution is -2.31. The van der Waals surface area contributed by atoms with Gasteiger partial charge >= 0.3 is 0 Å². The molecule has 0 radical (unpaired) electrons. The van der Waals surface area contributed by atoms with E-state index in [1.165, 1.54) is 0 Å². The predicted molar refractivity (Wildman–Crippen MR) is 71.1 cm³/mol. The minimum atomic E-state index is -0.160. The molecule has 90 valence electrons. The molecule has 2 aromatic rings. The van der Waals surface area contributed by atoms with Crippen LogP contribution in [0.25, 0.3) is 11.0 Å². The molecule has 1 aromatic carbocycles. The van der Waals surface area contributed by atoms with Gasteiger partial charge < -0.3 is 9.73 Å². The van der Waals surface area contributed by atoms with Crippen LogP contribution in [0.1, 0.15) is 30.8 Å². The highest BCUT2D eigenvalue weighted by atomic mass is 79.9. The van der Waals surface area contributed by atoms with Crippen LogP contribution in [-0.4, -0.2) is 11.9 Å². The summed E-state index contributed by atoms with van der Waals surface area (Å²) in [4.78, 5) is 11.9. The first kappa shape index (κ1) is 12.2. The largest absolute Gasteiger partial charge is 0.451 e. The number of carbonyl (C=O) groups excluding carboxylic acids is 1. The summed E-state index contributed by atoms with van der Waals surface area (Å²) in [6.07, 6.45) is 0.900. The molecular formula is C13H14BrNO2. The van der Waals surface area contributed by atoms with Gasteiger partial charge in [0, 0.05) is 15.9 Å². The monoisotopic (exact) mass is 295 g/mol. The summed E-state index contributed by atoms with van der Waals surface area (Å²) in [5.74, 6) is 0.199. The lowest BCUT2D eigenvalue weighted by molar-refractivity contribution is 0.0913. The molecule has 0 fully saturated rings. The molecule has 1 heterocycles. The highest BCUT2D eigenvalue weighted by Gasteiger charge is 2.13. The number of rotatable bonds is 3. The second kappa shape index (κ2) is 4.92. The van der Waals surface area contributed by atoms with Gasteiger partial charge in [-0.15, -0.1) is 0 Å². The van der Waals surface area contributed by atoms with Gasteiger partial charge in [0.2, 0.25) is 0 Å². The molecule has 1 aromatic heterocycles. The van der Waals surface area contributed by atoms with E-state index in [0.29, 0.717) is 5.76 Å². The van der Waals surface area contributed by atoms with Crippen molar-refractivity contribution in [3.05, 3.63) is 34.5 Å². The maximum absolute atomic E-state index is 11.9. The lowest BCUT2D eigenvalue weighted by atomic mass is 10.2. The van der Waals surface area contributed by atoms with Gasteiger partial charge in [0.25, 0.3) is 5.91 Å². The molecule has 0 unspecified atom stereocenters. The van der Waals surface area contributed by atoms with Crippen molar-refractivity contribution in [2.45, 2.75) is 26.3 Å². The van der Waals surface area contributed by atoms with E-state index in [4.69, 9.17) is 4.42 Å². The Balaban J connectivity index is 2.27. The van der Waals surface area contributed by atoms with Gasteiger partial charge in [-0.2, -0.15) is 0 Å². The number of hydrogen-bond donors (Lipinski definition) is 1. The summed E-state index contributed by atoms with van der Waals surface area (Å²) in [6.45, 7) is 4.00. The predicted octanol–water partition coefficient (Wildman–Crippen LogP) is 3.72. The number of benzene rings is 1. The van der Waals surface area contributed by atoms with Gasteiger partial charge in [0.1, 0.15) is 5.58 Å². The van der Waals surface area contributed by atoms with Crippen molar-refractivity contribution in [1.82, 2.24) is 5.32 Å². The van der Waals surface area contributed by atoms with Crippen LogP contribution in [0, 0.1) is 0 Å². The summed E-state index contributed by atoms with van der Waals surface area (Å²) in [5.41, 5.74) is 0.725. The van der Waals surface area contributed by atoms with Crippen LogP contribution < -0.4 is 5.32 Å². The first-order valence-electron chi connectivity index (χ1n) is 5.60. The van der Waals surface area contributed by atoms with Crippen molar-refractivity contribution in [3.8, 4) is 0 Å². The van der Waals surface area contributed by atoms with Gasteiger partial charge in [-0.25, -0.2) is 0 Å². The molecule has 4 heteroatoms. The molecule has 0 aliphatic rings. The van der Waals surface area contributed by atoms with E-state index >= 15 is 0 Å². The Morgan fingerprint density at radius 2 is 2.24 bits per heavy atom. The van der Waals surface area contributed by atoms with Crippen LogP contribution in [0.3, 0.4) is 0 Å². The van der Waals surface area contributed by atoms with Crippen molar-refractivity contribution in [2.75, 3.05) is 0 Å². The Bertz CT molecular complexity index is 547. The molecule has 0 spiro atoms. The van der Waals surface area contributed by atoms with E-state index in [1.807, 2.05) is 32.0 Å². The molecule has 17 heavy (non-hydrogen) atoms. The third-order valence-corrected chi connectivity index (χ3v) is 3.19. The second-order valence-corrected chi connectivity index (χ2v) is 4.99. The average molecular weight is 296 g/mol. The molecule has 0 bridgehead atoms. The Morgan fingerprint density at radius 1 is 1.47 bits per heavy atom. The Labute approximate surface area is 108 Å². The summed E-state index contributed by atoms with van der Waals surface area (Å²) in [5, 5.41) is 3.80. The van der Waals surface area contributed by atoms with Crippen LogP contribution in [0.5, 0.6) is 0 Å². The van der Waals surface area contributed by atoms with E-state index in [0.717, 1.165) is 21.9 Å². The number of hydrogen-bond acceptors (Lipinski definition) is 2. The van der Waals surface area contributed by atoms with Crippen molar-refractivity contribution < 1.29 is 9.21 Å². The van der Waals surface area contributed by atoms with Gasteiger partial charge in [0.15, 0.2) is 5.76 Å². The van der Waals surface area contributed by atoms with Crippen molar-refractivity contribution >= 4 is 32.8 Å². The smallest absolute Gasteiger partial charge is 0.287 e. The fraction of sp³-hybridized carbons (Fsp3) is 0.308. The Hall–Kier alpha value is -1.29. The minimum absolute atomic E-state index is 0.155. The lowest BCUT2D eigenvalue weighted by Gasteiger charge is -2.08. The number of carbonyl (C=O) groups is 1. The number of fused-ring (bicyclic) bond motifs is 1. The van der Waals surface area contributed by atoms with Gasteiger partial charge in [-0.05, 0) is 37.6 Å². The molecule has 3 nitrogen and oxygen atoms in total. The zero-order valence-electron chi connectivity index (χ0n) is 9.79. The average Bonchev–Trinajstić information content (AvgIpc) is 2.71. The third kappa shape index (κ3) is 2.69. The van der Waals surface area contributed by atoms with Gasteiger partial charge in [-0.1, -0.05) is 22.9 Å². The zero-order chi connectivity index (χ0) is 12.4. The Kier molecular flexibility index (Phi) is 3.52. The maximum Gasteiger partial charge on any atom is 0.287 e. The molecule has 0 aliphatic carbocycles. The molecular weight excluding hydrogens is 282 g/mol. The summed E-state index contributed by atoms with van der Waals surface area (Å²) in [6, 6.07) is 7.58. The number of nitrogens with one attached hydrogen (secondary N) is 1. The van der Waals surface area contributed by atoms with E-state index in [2.05, 4.69) is 21.2 Å². The zero-order valence-corrected chi connectivity index (χ0v) is 11.4. The number of halogens is 1. The SMILES string of the molecule is CC[C@@H](C)NC(=O)c1cc2cc(Br)ccc2o1.